The largest absolute Gasteiger partial charge is 0.497 e. The third-order valence-electron chi connectivity index (χ3n) is 9.72. The minimum absolute atomic E-state index is 0.00205. The molecule has 0 aliphatic carbocycles. The number of aromatic nitrogens is 3. The van der Waals surface area contributed by atoms with E-state index in [0.717, 1.165) is 23.4 Å². The summed E-state index contributed by atoms with van der Waals surface area (Å²) >= 11 is 0. The summed E-state index contributed by atoms with van der Waals surface area (Å²) in [5, 5.41) is 61.7. The third kappa shape index (κ3) is 7.28. The first kappa shape index (κ1) is 35.9. The lowest BCUT2D eigenvalue weighted by Gasteiger charge is -2.46. The number of hydrogen-bond acceptors (Lipinski definition) is 12. The van der Waals surface area contributed by atoms with Crippen LogP contribution in [0.5, 0.6) is 11.5 Å². The van der Waals surface area contributed by atoms with Gasteiger partial charge in [0.15, 0.2) is 12.4 Å². The summed E-state index contributed by atoms with van der Waals surface area (Å²) < 4.78 is 25.2. The van der Waals surface area contributed by atoms with E-state index in [1.807, 2.05) is 23.0 Å². The molecule has 1 saturated heterocycles. The number of hydrogen-bond donors (Lipinski definition) is 6. The van der Waals surface area contributed by atoms with Crippen LogP contribution >= 0.6 is 0 Å². The molecule has 1 unspecified atom stereocenters. The molecule has 3 heterocycles. The monoisotopic (exact) mass is 686 g/mol. The molecule has 48 heavy (non-hydrogen) atoms. The predicted octanol–water partition coefficient (Wildman–Crippen LogP) is 0.721. The number of carbonyl (C=O) groups excluding carboxylic acids is 1. The molecule has 2 aromatic carbocycles. The number of aryl methyl sites for hydroxylation is 1. The SMILES string of the molecule is COc1ccc([Si](C)(C)C(CCn2cc(CCO)nn2)[C@H]2Oc3ccc(NC(=O)[C@H]4O[C@@H](O)[C@H](O)[C@@H](O)[C@@H]4O)cc3[C@@H](OC)[C@@H]2C)cc1. The Bertz CT molecular complexity index is 1540. The Kier molecular flexibility index (Phi) is 11.2. The Hall–Kier alpha value is -3.41. The van der Waals surface area contributed by atoms with Crippen molar-refractivity contribution in [2.45, 2.75) is 87.9 Å². The second-order valence-corrected chi connectivity index (χ2v) is 17.8. The van der Waals surface area contributed by atoms with Gasteiger partial charge in [-0.05, 0) is 42.3 Å². The minimum Gasteiger partial charge on any atom is -0.497 e. The summed E-state index contributed by atoms with van der Waals surface area (Å²) in [4.78, 5) is 13.0. The molecule has 1 fully saturated rings. The number of amides is 1. The molecule has 1 aromatic heterocycles. The maximum atomic E-state index is 13.0. The number of nitrogens with one attached hydrogen (secondary N) is 1. The molecule has 262 valence electrons. The van der Waals surface area contributed by atoms with Crippen LogP contribution in [0.3, 0.4) is 0 Å². The minimum atomic E-state index is -2.27. The molecule has 6 N–H and O–H groups in total. The summed E-state index contributed by atoms with van der Waals surface area (Å²) in [6.45, 7) is 7.36. The van der Waals surface area contributed by atoms with Crippen molar-refractivity contribution in [2.75, 3.05) is 26.1 Å². The first-order chi connectivity index (χ1) is 22.9. The average molecular weight is 687 g/mol. The summed E-state index contributed by atoms with van der Waals surface area (Å²) in [5.41, 5.74) is 1.92. The second kappa shape index (κ2) is 15.0. The molecule has 0 spiro atoms. The van der Waals surface area contributed by atoms with E-state index in [-0.39, 0.29) is 24.2 Å². The number of aliphatic hydroxyl groups excluding tert-OH is 5. The van der Waals surface area contributed by atoms with E-state index in [2.05, 4.69) is 47.8 Å². The number of rotatable bonds is 12. The number of carbonyl (C=O) groups is 1. The normalized spacial score (nSPS) is 27.9. The predicted molar refractivity (Wildman–Crippen MR) is 177 cm³/mol. The van der Waals surface area contributed by atoms with Crippen molar-refractivity contribution in [2.24, 2.45) is 5.92 Å². The summed E-state index contributed by atoms with van der Waals surface area (Å²) in [6.07, 6.45) is -6.28. The number of aliphatic hydroxyl groups is 5. The van der Waals surface area contributed by atoms with E-state index in [4.69, 9.17) is 18.9 Å². The quantitative estimate of drug-likeness (QED) is 0.146. The smallest absolute Gasteiger partial charge is 0.256 e. The van der Waals surface area contributed by atoms with Crippen LogP contribution in [0.15, 0.2) is 48.7 Å². The molecule has 5 rings (SSSR count). The van der Waals surface area contributed by atoms with Crippen molar-refractivity contribution in [3.05, 3.63) is 59.9 Å². The van der Waals surface area contributed by atoms with Crippen LogP contribution < -0.4 is 20.0 Å². The second-order valence-electron chi connectivity index (χ2n) is 13.1. The van der Waals surface area contributed by atoms with Crippen molar-refractivity contribution in [1.29, 1.82) is 0 Å². The Labute approximate surface area is 280 Å². The van der Waals surface area contributed by atoms with E-state index in [1.54, 1.807) is 32.4 Å². The summed E-state index contributed by atoms with van der Waals surface area (Å²) in [7, 11) is 1.02. The molecule has 2 aliphatic heterocycles. The highest BCUT2D eigenvalue weighted by atomic mass is 28.3. The van der Waals surface area contributed by atoms with Gasteiger partial charge in [-0.15, -0.1) is 5.10 Å². The number of fused-ring (bicyclic) bond motifs is 1. The zero-order chi connectivity index (χ0) is 34.7. The van der Waals surface area contributed by atoms with Crippen molar-refractivity contribution in [3.63, 3.8) is 0 Å². The van der Waals surface area contributed by atoms with Crippen LogP contribution in [0.1, 0.15) is 30.7 Å². The van der Waals surface area contributed by atoms with Gasteiger partial charge in [0.05, 0.1) is 27.0 Å². The van der Waals surface area contributed by atoms with Gasteiger partial charge < -0.3 is 49.8 Å². The average Bonchev–Trinajstić information content (AvgIpc) is 3.53. The van der Waals surface area contributed by atoms with E-state index < -0.39 is 50.8 Å². The highest BCUT2D eigenvalue weighted by Crippen LogP contribution is 2.48. The lowest BCUT2D eigenvalue weighted by atomic mass is 9.86. The first-order valence-corrected chi connectivity index (χ1v) is 19.1. The van der Waals surface area contributed by atoms with Gasteiger partial charge in [0.2, 0.25) is 0 Å². The van der Waals surface area contributed by atoms with Gasteiger partial charge in [0.25, 0.3) is 5.91 Å². The topological polar surface area (TPSA) is 198 Å². The number of nitrogens with zero attached hydrogens (tertiary/aromatic N) is 3. The Balaban J connectivity index is 1.42. The molecule has 0 saturated carbocycles. The van der Waals surface area contributed by atoms with Crippen LogP contribution in [-0.4, -0.2) is 112 Å². The van der Waals surface area contributed by atoms with Crippen LogP contribution in [0.2, 0.25) is 18.6 Å². The molecular weight excluding hydrogens is 640 g/mol. The van der Waals surface area contributed by atoms with Crippen LogP contribution in [0.25, 0.3) is 0 Å². The number of methoxy groups -OCH3 is 2. The van der Waals surface area contributed by atoms with Crippen LogP contribution in [0, 0.1) is 5.92 Å². The summed E-state index contributed by atoms with van der Waals surface area (Å²) in [5.74, 6) is 0.486. The van der Waals surface area contributed by atoms with Crippen molar-refractivity contribution < 1.29 is 49.3 Å². The number of benzene rings is 2. The van der Waals surface area contributed by atoms with Gasteiger partial charge in [-0.3, -0.25) is 9.48 Å². The van der Waals surface area contributed by atoms with Gasteiger partial charge in [-0.1, -0.05) is 42.6 Å². The Morgan fingerprint density at radius 3 is 2.46 bits per heavy atom. The Morgan fingerprint density at radius 1 is 1.06 bits per heavy atom. The lowest BCUT2D eigenvalue weighted by molar-refractivity contribution is -0.274. The van der Waals surface area contributed by atoms with E-state index in [1.165, 1.54) is 5.19 Å². The standard InChI is InChI=1S/C33H46N4O10Si/c1-18-29(45-3)23-16-19(34-32(42)31-27(40)26(39)28(41)33(43)47-31)6-11-24(23)46-30(18)25(12-14-37-17-20(13-15-38)35-36-37)48(4,5)22-9-7-21(44-2)8-10-22/h6-11,16-18,25-31,33,38-41,43H,12-15H2,1-5H3,(H,34,42)/t18-,25?,26-,27-,28+,29-,30-,31-,33+/m0/s1. The highest BCUT2D eigenvalue weighted by Gasteiger charge is 2.48. The fraction of sp³-hybridized carbons (Fsp3) is 0.545. The highest BCUT2D eigenvalue weighted by molar-refractivity contribution is 6.91. The third-order valence-corrected chi connectivity index (χ3v) is 14.0. The lowest BCUT2D eigenvalue weighted by Crippen LogP contribution is -2.60. The summed E-state index contributed by atoms with van der Waals surface area (Å²) in [6, 6.07) is 13.4. The molecule has 0 radical (unpaired) electrons. The zero-order valence-electron chi connectivity index (χ0n) is 27.8. The van der Waals surface area contributed by atoms with Gasteiger partial charge in [0, 0.05) is 50.0 Å². The maximum Gasteiger partial charge on any atom is 0.256 e. The molecule has 3 aromatic rings. The van der Waals surface area contributed by atoms with Crippen LogP contribution in [0.4, 0.5) is 5.69 Å². The van der Waals surface area contributed by atoms with E-state index >= 15 is 0 Å². The maximum absolute atomic E-state index is 13.0. The fourth-order valence-corrected chi connectivity index (χ4v) is 10.4. The van der Waals surface area contributed by atoms with Crippen molar-refractivity contribution in [1.82, 2.24) is 15.0 Å². The molecule has 0 bridgehead atoms. The van der Waals surface area contributed by atoms with Crippen LogP contribution in [-0.2, 0) is 27.2 Å². The first-order valence-electron chi connectivity index (χ1n) is 16.1. The van der Waals surface area contributed by atoms with Gasteiger partial charge in [0.1, 0.15) is 35.9 Å². The van der Waals surface area contributed by atoms with E-state index in [9.17, 15) is 30.3 Å². The molecule has 9 atom stereocenters. The van der Waals surface area contributed by atoms with Crippen molar-refractivity contribution >= 4 is 24.9 Å². The fourth-order valence-electron chi connectivity index (χ4n) is 6.87. The molecule has 14 nitrogen and oxygen atoms in total. The van der Waals surface area contributed by atoms with Gasteiger partial charge in [-0.2, -0.15) is 0 Å². The number of ether oxygens (including phenoxy) is 4. The van der Waals surface area contributed by atoms with Gasteiger partial charge in [-0.25, -0.2) is 0 Å². The number of anilines is 1. The Morgan fingerprint density at radius 2 is 1.79 bits per heavy atom. The van der Waals surface area contributed by atoms with Gasteiger partial charge >= 0.3 is 0 Å². The van der Waals surface area contributed by atoms with E-state index in [0.29, 0.717) is 24.4 Å². The molecular formula is C33H46N4O10Si. The zero-order valence-corrected chi connectivity index (χ0v) is 28.8. The van der Waals surface area contributed by atoms with Crippen molar-refractivity contribution in [3.8, 4) is 11.5 Å². The molecule has 1 amide bonds. The molecule has 15 heteroatoms. The molecule has 2 aliphatic rings.